The lowest BCUT2D eigenvalue weighted by Crippen LogP contribution is -2.28. The number of rotatable bonds is 9. The number of unbranched alkanes of at least 4 members (excludes halogenated alkanes) is 2. The van der Waals surface area contributed by atoms with E-state index in [0.29, 0.717) is 17.9 Å². The molecule has 0 radical (unpaired) electrons. The summed E-state index contributed by atoms with van der Waals surface area (Å²) in [6.45, 7) is 2.55. The number of carbonyl (C=O) groups is 2. The Bertz CT molecular complexity index is 516. The van der Waals surface area contributed by atoms with Crippen LogP contribution in [-0.2, 0) is 9.53 Å². The second-order valence-electron chi connectivity index (χ2n) is 4.64. The first kappa shape index (κ1) is 17.6. The van der Waals surface area contributed by atoms with E-state index in [0.717, 1.165) is 19.3 Å². The summed E-state index contributed by atoms with van der Waals surface area (Å²) in [4.78, 5) is 23.0. The number of nitrogens with one attached hydrogen (secondary N) is 1. The predicted molar refractivity (Wildman–Crippen MR) is 83.6 cm³/mol. The van der Waals surface area contributed by atoms with Gasteiger partial charge < -0.3 is 14.8 Å². The molecule has 0 unspecified atom stereocenters. The van der Waals surface area contributed by atoms with Crippen LogP contribution in [-0.4, -0.2) is 31.6 Å². The second kappa shape index (κ2) is 10.3. The zero-order valence-electron chi connectivity index (χ0n) is 12.8. The van der Waals surface area contributed by atoms with Gasteiger partial charge >= 0.3 is 5.97 Å². The third-order valence-electron chi connectivity index (χ3n) is 2.83. The molecular weight excluding hydrogens is 282 g/mol. The second-order valence-corrected chi connectivity index (χ2v) is 4.64. The van der Waals surface area contributed by atoms with Crippen LogP contribution >= 0.6 is 0 Å². The first-order chi connectivity index (χ1) is 10.7. The average Bonchev–Trinajstić information content (AvgIpc) is 2.55. The van der Waals surface area contributed by atoms with Crippen LogP contribution in [0.1, 0.15) is 36.5 Å². The maximum atomic E-state index is 11.8. The summed E-state index contributed by atoms with van der Waals surface area (Å²) in [7, 11) is 0. The molecule has 1 amide bonds. The average molecular weight is 303 g/mol. The summed E-state index contributed by atoms with van der Waals surface area (Å²) >= 11 is 0. The molecule has 0 aliphatic carbocycles. The zero-order chi connectivity index (χ0) is 16.2. The number of hydrogen-bond acceptors (Lipinski definition) is 4. The molecular formula is C17H21NO4. The number of carbonyl (C=O) groups excluding carboxylic acids is 2. The van der Waals surface area contributed by atoms with E-state index in [-0.39, 0.29) is 13.2 Å². The third kappa shape index (κ3) is 6.80. The summed E-state index contributed by atoms with van der Waals surface area (Å²) in [6, 6.07) is 6.63. The van der Waals surface area contributed by atoms with Crippen LogP contribution in [0.4, 0.5) is 0 Å². The highest BCUT2D eigenvalue weighted by Crippen LogP contribution is 2.13. The van der Waals surface area contributed by atoms with E-state index in [1.165, 1.54) is 0 Å². The monoisotopic (exact) mass is 303 g/mol. The molecule has 0 aromatic heterocycles. The van der Waals surface area contributed by atoms with Gasteiger partial charge in [0.25, 0.3) is 5.91 Å². The Balaban J connectivity index is 2.37. The Hall–Kier alpha value is -2.48. The molecule has 1 aromatic carbocycles. The van der Waals surface area contributed by atoms with Gasteiger partial charge in [0.05, 0.1) is 18.7 Å². The minimum absolute atomic E-state index is 0.112. The molecule has 0 aliphatic rings. The molecule has 0 saturated carbocycles. The van der Waals surface area contributed by atoms with Gasteiger partial charge in [0, 0.05) is 0 Å². The lowest BCUT2D eigenvalue weighted by atomic mass is 10.2. The number of terminal acetylenes is 1. The van der Waals surface area contributed by atoms with Gasteiger partial charge in [-0.05, 0) is 30.7 Å². The van der Waals surface area contributed by atoms with Gasteiger partial charge in [-0.2, -0.15) is 0 Å². The van der Waals surface area contributed by atoms with Gasteiger partial charge in [0.1, 0.15) is 5.75 Å². The summed E-state index contributed by atoms with van der Waals surface area (Å²) < 4.78 is 10.4. The first-order valence-corrected chi connectivity index (χ1v) is 7.27. The minimum atomic E-state index is -0.562. The number of esters is 1. The van der Waals surface area contributed by atoms with Crippen molar-refractivity contribution < 1.29 is 19.1 Å². The minimum Gasteiger partial charge on any atom is -0.494 e. The molecule has 5 nitrogen and oxygen atoms in total. The lowest BCUT2D eigenvalue weighted by molar-refractivity contribution is -0.123. The van der Waals surface area contributed by atoms with Crippen molar-refractivity contribution in [3.63, 3.8) is 0 Å². The Morgan fingerprint density at radius 3 is 2.59 bits per heavy atom. The summed E-state index contributed by atoms with van der Waals surface area (Å²) in [5, 5.41) is 2.41. The number of hydrogen-bond donors (Lipinski definition) is 1. The van der Waals surface area contributed by atoms with Crippen LogP contribution in [0, 0.1) is 12.3 Å². The van der Waals surface area contributed by atoms with Crippen LogP contribution in [0.5, 0.6) is 5.75 Å². The first-order valence-electron chi connectivity index (χ1n) is 7.27. The highest BCUT2D eigenvalue weighted by molar-refractivity contribution is 5.91. The predicted octanol–water partition coefficient (Wildman–Crippen LogP) is 2.16. The highest BCUT2D eigenvalue weighted by Gasteiger charge is 2.09. The van der Waals surface area contributed by atoms with Crippen molar-refractivity contribution in [3.05, 3.63) is 29.8 Å². The molecule has 1 N–H and O–H groups in total. The molecule has 0 fully saturated rings. The van der Waals surface area contributed by atoms with E-state index in [1.54, 1.807) is 24.3 Å². The smallest absolute Gasteiger partial charge is 0.338 e. The van der Waals surface area contributed by atoms with Gasteiger partial charge in [0.15, 0.2) is 6.61 Å². The summed E-state index contributed by atoms with van der Waals surface area (Å²) in [5.74, 6) is 1.98. The van der Waals surface area contributed by atoms with Crippen molar-refractivity contribution in [3.8, 4) is 18.1 Å². The molecule has 0 saturated heterocycles. The quantitative estimate of drug-likeness (QED) is 0.431. The van der Waals surface area contributed by atoms with E-state index < -0.39 is 11.9 Å². The lowest BCUT2D eigenvalue weighted by Gasteiger charge is -2.07. The molecule has 22 heavy (non-hydrogen) atoms. The zero-order valence-corrected chi connectivity index (χ0v) is 12.8. The SMILES string of the molecule is C#CCNC(=O)COC(=O)c1ccc(OCCCCC)cc1. The van der Waals surface area contributed by atoms with Crippen LogP contribution in [0.3, 0.4) is 0 Å². The van der Waals surface area contributed by atoms with E-state index >= 15 is 0 Å². The maximum absolute atomic E-state index is 11.8. The molecule has 1 rings (SSSR count). The van der Waals surface area contributed by atoms with Crippen LogP contribution in [0.2, 0.25) is 0 Å². The fraction of sp³-hybridized carbons (Fsp3) is 0.412. The van der Waals surface area contributed by atoms with E-state index in [4.69, 9.17) is 15.9 Å². The molecule has 1 aromatic rings. The Morgan fingerprint density at radius 2 is 1.95 bits per heavy atom. The third-order valence-corrected chi connectivity index (χ3v) is 2.83. The molecule has 0 aliphatic heterocycles. The normalized spacial score (nSPS) is 9.64. The van der Waals surface area contributed by atoms with Crippen LogP contribution in [0.25, 0.3) is 0 Å². The molecule has 5 heteroatoms. The van der Waals surface area contributed by atoms with Crippen LogP contribution in [0.15, 0.2) is 24.3 Å². The summed E-state index contributed by atoms with van der Waals surface area (Å²) in [6.07, 6.45) is 8.29. The van der Waals surface area contributed by atoms with Crippen molar-refractivity contribution in [2.24, 2.45) is 0 Å². The van der Waals surface area contributed by atoms with Crippen molar-refractivity contribution in [1.29, 1.82) is 0 Å². The topological polar surface area (TPSA) is 64.6 Å². The van der Waals surface area contributed by atoms with E-state index in [9.17, 15) is 9.59 Å². The standard InChI is InChI=1S/C17H21NO4/c1-3-5-6-12-21-15-9-7-14(8-10-15)17(20)22-13-16(19)18-11-4-2/h2,7-10H,3,5-6,11-13H2,1H3,(H,18,19). The van der Waals surface area contributed by atoms with Crippen molar-refractivity contribution in [2.45, 2.75) is 26.2 Å². The van der Waals surface area contributed by atoms with Gasteiger partial charge in [-0.3, -0.25) is 4.79 Å². The highest BCUT2D eigenvalue weighted by atomic mass is 16.5. The molecule has 0 spiro atoms. The molecule has 0 heterocycles. The van der Waals surface area contributed by atoms with Gasteiger partial charge in [-0.1, -0.05) is 25.7 Å². The van der Waals surface area contributed by atoms with Crippen molar-refractivity contribution in [1.82, 2.24) is 5.32 Å². The maximum Gasteiger partial charge on any atom is 0.338 e. The Kier molecular flexibility index (Phi) is 8.21. The van der Waals surface area contributed by atoms with Gasteiger partial charge in [0.2, 0.25) is 0 Å². The van der Waals surface area contributed by atoms with Crippen molar-refractivity contribution >= 4 is 11.9 Å². The molecule has 0 bridgehead atoms. The summed E-state index contributed by atoms with van der Waals surface area (Å²) in [5.41, 5.74) is 0.366. The molecule has 0 atom stereocenters. The van der Waals surface area contributed by atoms with Crippen molar-refractivity contribution in [2.75, 3.05) is 19.8 Å². The van der Waals surface area contributed by atoms with E-state index in [2.05, 4.69) is 18.2 Å². The van der Waals surface area contributed by atoms with Gasteiger partial charge in [-0.25, -0.2) is 4.79 Å². The van der Waals surface area contributed by atoms with Gasteiger partial charge in [-0.15, -0.1) is 6.42 Å². The van der Waals surface area contributed by atoms with E-state index in [1.807, 2.05) is 0 Å². The molecule has 118 valence electrons. The Morgan fingerprint density at radius 1 is 1.23 bits per heavy atom. The van der Waals surface area contributed by atoms with Crippen LogP contribution < -0.4 is 10.1 Å². The Labute approximate surface area is 131 Å². The fourth-order valence-electron chi connectivity index (χ4n) is 1.64. The fourth-order valence-corrected chi connectivity index (χ4v) is 1.64. The number of ether oxygens (including phenoxy) is 2. The number of amides is 1. The number of benzene rings is 1. The largest absolute Gasteiger partial charge is 0.494 e.